The summed E-state index contributed by atoms with van der Waals surface area (Å²) < 4.78 is 38.5. The monoisotopic (exact) mass is 276 g/mol. The zero-order chi connectivity index (χ0) is 14.6. The van der Waals surface area contributed by atoms with Gasteiger partial charge in [0.1, 0.15) is 6.54 Å². The molecule has 5 nitrogen and oxygen atoms in total. The Bertz CT molecular complexity index is 485. The van der Waals surface area contributed by atoms with Gasteiger partial charge in [-0.2, -0.15) is 0 Å². The van der Waals surface area contributed by atoms with Crippen LogP contribution < -0.4 is 5.32 Å². The van der Waals surface area contributed by atoms with Crippen LogP contribution in [0.2, 0.25) is 0 Å². The van der Waals surface area contributed by atoms with Crippen molar-refractivity contribution in [2.24, 2.45) is 0 Å². The molecule has 19 heavy (non-hydrogen) atoms. The SMILES string of the molecule is CCN(CC(=O)O)C(=O)Nc1cc(F)c(F)c(F)c1. The fraction of sp³-hybridized carbons (Fsp3) is 0.273. The fourth-order valence-electron chi connectivity index (χ4n) is 1.32. The average molecular weight is 276 g/mol. The molecule has 1 aromatic rings. The van der Waals surface area contributed by atoms with Gasteiger partial charge in [0.15, 0.2) is 17.5 Å². The molecule has 0 aliphatic heterocycles. The first-order chi connectivity index (χ1) is 8.85. The first-order valence-electron chi connectivity index (χ1n) is 5.27. The van der Waals surface area contributed by atoms with E-state index in [0.717, 1.165) is 4.90 Å². The molecule has 0 aliphatic rings. The summed E-state index contributed by atoms with van der Waals surface area (Å²) in [6.07, 6.45) is 0. The smallest absolute Gasteiger partial charge is 0.323 e. The molecule has 0 radical (unpaired) electrons. The van der Waals surface area contributed by atoms with Gasteiger partial charge in [0.05, 0.1) is 0 Å². The van der Waals surface area contributed by atoms with E-state index in [4.69, 9.17) is 5.11 Å². The number of hydrogen-bond acceptors (Lipinski definition) is 2. The number of anilines is 1. The van der Waals surface area contributed by atoms with Crippen LogP contribution in [-0.4, -0.2) is 35.1 Å². The first-order valence-corrected chi connectivity index (χ1v) is 5.27. The topological polar surface area (TPSA) is 69.6 Å². The number of halogens is 3. The first kappa shape index (κ1) is 14.8. The van der Waals surface area contributed by atoms with E-state index in [1.54, 1.807) is 0 Å². The summed E-state index contributed by atoms with van der Waals surface area (Å²) in [6, 6.07) is 0.353. The quantitative estimate of drug-likeness (QED) is 0.827. The van der Waals surface area contributed by atoms with Crippen LogP contribution in [0.3, 0.4) is 0 Å². The molecule has 2 amide bonds. The number of urea groups is 1. The Labute approximate surface area is 106 Å². The van der Waals surface area contributed by atoms with Crippen LogP contribution in [0.5, 0.6) is 0 Å². The van der Waals surface area contributed by atoms with Crippen LogP contribution in [0.15, 0.2) is 12.1 Å². The van der Waals surface area contributed by atoms with Crippen LogP contribution in [0.25, 0.3) is 0 Å². The highest BCUT2D eigenvalue weighted by atomic mass is 19.2. The van der Waals surface area contributed by atoms with Gasteiger partial charge in [-0.15, -0.1) is 0 Å². The van der Waals surface area contributed by atoms with E-state index in [1.807, 2.05) is 0 Å². The Morgan fingerprint density at radius 3 is 2.21 bits per heavy atom. The number of carbonyl (C=O) groups is 2. The maximum absolute atomic E-state index is 12.9. The number of nitrogens with one attached hydrogen (secondary N) is 1. The number of hydrogen-bond donors (Lipinski definition) is 2. The van der Waals surface area contributed by atoms with E-state index in [2.05, 4.69) is 5.32 Å². The lowest BCUT2D eigenvalue weighted by molar-refractivity contribution is -0.137. The van der Waals surface area contributed by atoms with Crippen LogP contribution in [0.4, 0.5) is 23.7 Å². The van der Waals surface area contributed by atoms with Crippen LogP contribution in [-0.2, 0) is 4.79 Å². The molecule has 0 unspecified atom stereocenters. The predicted molar refractivity (Wildman–Crippen MR) is 60.2 cm³/mol. The van der Waals surface area contributed by atoms with E-state index >= 15 is 0 Å². The highest BCUT2D eigenvalue weighted by molar-refractivity contribution is 5.91. The minimum Gasteiger partial charge on any atom is -0.480 e. The Morgan fingerprint density at radius 1 is 1.26 bits per heavy atom. The normalized spacial score (nSPS) is 10.1. The number of carboxylic acids is 1. The molecule has 1 aromatic carbocycles. The number of rotatable bonds is 4. The lowest BCUT2D eigenvalue weighted by Crippen LogP contribution is -2.38. The van der Waals surface area contributed by atoms with Crippen molar-refractivity contribution >= 4 is 17.7 Å². The van der Waals surface area contributed by atoms with E-state index in [-0.39, 0.29) is 12.2 Å². The lowest BCUT2D eigenvalue weighted by atomic mass is 10.3. The van der Waals surface area contributed by atoms with Crippen molar-refractivity contribution in [2.75, 3.05) is 18.4 Å². The molecule has 0 saturated carbocycles. The molecule has 0 fully saturated rings. The minimum absolute atomic E-state index is 0.0876. The van der Waals surface area contributed by atoms with Gasteiger partial charge in [-0.3, -0.25) is 4.79 Å². The van der Waals surface area contributed by atoms with Gasteiger partial charge >= 0.3 is 12.0 Å². The molecule has 0 spiro atoms. The number of aliphatic carboxylic acids is 1. The van der Waals surface area contributed by atoms with E-state index < -0.39 is 36.0 Å². The Kier molecular flexibility index (Phi) is 4.74. The molecule has 104 valence electrons. The Balaban J connectivity index is 2.84. The van der Waals surface area contributed by atoms with Crippen molar-refractivity contribution in [2.45, 2.75) is 6.92 Å². The summed E-state index contributed by atoms with van der Waals surface area (Å²) in [5.41, 5.74) is -0.301. The van der Waals surface area contributed by atoms with Crippen LogP contribution >= 0.6 is 0 Å². The molecule has 8 heteroatoms. The van der Waals surface area contributed by atoms with E-state index in [9.17, 15) is 22.8 Å². The molecule has 0 saturated heterocycles. The van der Waals surface area contributed by atoms with Gasteiger partial charge < -0.3 is 15.3 Å². The second-order valence-electron chi connectivity index (χ2n) is 3.59. The molecular formula is C11H11F3N2O3. The summed E-state index contributed by atoms with van der Waals surface area (Å²) in [4.78, 5) is 23.0. The number of carbonyl (C=O) groups excluding carboxylic acids is 1. The summed E-state index contributed by atoms with van der Waals surface area (Å²) in [5.74, 6) is -5.77. The molecular weight excluding hydrogens is 265 g/mol. The summed E-state index contributed by atoms with van der Waals surface area (Å²) in [6.45, 7) is 1.06. The summed E-state index contributed by atoms with van der Waals surface area (Å²) in [5, 5.41) is 10.6. The van der Waals surface area contributed by atoms with Gasteiger partial charge in [0.25, 0.3) is 0 Å². The van der Waals surface area contributed by atoms with Crippen LogP contribution in [0.1, 0.15) is 6.92 Å². The Morgan fingerprint density at radius 2 is 1.79 bits per heavy atom. The van der Waals surface area contributed by atoms with Gasteiger partial charge in [0, 0.05) is 24.4 Å². The molecule has 0 atom stereocenters. The summed E-state index contributed by atoms with van der Waals surface area (Å²) in [7, 11) is 0. The number of amides is 2. The third-order valence-corrected chi connectivity index (χ3v) is 2.23. The maximum atomic E-state index is 12.9. The predicted octanol–water partition coefficient (Wildman–Crippen LogP) is 2.04. The molecule has 1 rings (SSSR count). The Hall–Kier alpha value is -2.25. The maximum Gasteiger partial charge on any atom is 0.323 e. The van der Waals surface area contributed by atoms with Crippen molar-refractivity contribution in [3.63, 3.8) is 0 Å². The van der Waals surface area contributed by atoms with Crippen molar-refractivity contribution < 1.29 is 27.9 Å². The molecule has 0 aliphatic carbocycles. The van der Waals surface area contributed by atoms with Crippen molar-refractivity contribution in [1.82, 2.24) is 4.90 Å². The van der Waals surface area contributed by atoms with E-state index in [1.165, 1.54) is 6.92 Å². The molecule has 2 N–H and O–H groups in total. The number of benzene rings is 1. The fourth-order valence-corrected chi connectivity index (χ4v) is 1.32. The van der Waals surface area contributed by atoms with Crippen molar-refractivity contribution in [3.8, 4) is 0 Å². The standard InChI is InChI=1S/C11H11F3N2O3/c1-2-16(5-9(17)18)11(19)15-6-3-7(12)10(14)8(13)4-6/h3-4H,2,5H2,1H3,(H,15,19)(H,17,18). The molecule has 0 heterocycles. The van der Waals surface area contributed by atoms with Gasteiger partial charge in [-0.1, -0.05) is 0 Å². The van der Waals surface area contributed by atoms with Crippen molar-refractivity contribution in [3.05, 3.63) is 29.6 Å². The summed E-state index contributed by atoms with van der Waals surface area (Å²) >= 11 is 0. The van der Waals surface area contributed by atoms with Crippen LogP contribution in [0, 0.1) is 17.5 Å². The minimum atomic E-state index is -1.64. The van der Waals surface area contributed by atoms with Gasteiger partial charge in [-0.25, -0.2) is 18.0 Å². The van der Waals surface area contributed by atoms with Gasteiger partial charge in [-0.05, 0) is 6.92 Å². The number of likely N-dealkylation sites (N-methyl/N-ethyl adjacent to an activating group) is 1. The second kappa shape index (κ2) is 6.07. The number of carboxylic acid groups (broad SMARTS) is 1. The average Bonchev–Trinajstić information content (AvgIpc) is 2.32. The van der Waals surface area contributed by atoms with Gasteiger partial charge in [0.2, 0.25) is 0 Å². The van der Waals surface area contributed by atoms with E-state index in [0.29, 0.717) is 12.1 Å². The number of nitrogens with zero attached hydrogens (tertiary/aromatic N) is 1. The zero-order valence-electron chi connectivity index (χ0n) is 9.91. The molecule has 0 bridgehead atoms. The highest BCUT2D eigenvalue weighted by Crippen LogP contribution is 2.17. The highest BCUT2D eigenvalue weighted by Gasteiger charge is 2.17. The van der Waals surface area contributed by atoms with Crippen molar-refractivity contribution in [1.29, 1.82) is 0 Å². The lowest BCUT2D eigenvalue weighted by Gasteiger charge is -2.19. The molecule has 0 aromatic heterocycles. The largest absolute Gasteiger partial charge is 0.480 e. The zero-order valence-corrected chi connectivity index (χ0v) is 9.91. The third kappa shape index (κ3) is 3.87. The second-order valence-corrected chi connectivity index (χ2v) is 3.59. The third-order valence-electron chi connectivity index (χ3n) is 2.23.